The van der Waals surface area contributed by atoms with E-state index in [0.717, 1.165) is 27.9 Å². The number of benzene rings is 1. The highest BCUT2D eigenvalue weighted by molar-refractivity contribution is 9.10. The Balaban J connectivity index is 0.00000112. The Bertz CT molecular complexity index is 360. The molecule has 1 aliphatic heterocycles. The molecule has 1 atom stereocenters. The third-order valence-corrected chi connectivity index (χ3v) is 3.07. The zero-order valence-electron chi connectivity index (χ0n) is 8.29. The second kappa shape index (κ2) is 5.16. The molecule has 1 unspecified atom stereocenters. The monoisotopic (exact) mass is 293 g/mol. The summed E-state index contributed by atoms with van der Waals surface area (Å²) < 4.78 is 6.07. The molecule has 0 bridgehead atoms. The first-order valence-electron chi connectivity index (χ1n) is 4.47. The number of hydrogen-bond acceptors (Lipinski definition) is 3. The highest BCUT2D eigenvalue weighted by atomic mass is 79.9. The Kier molecular flexibility index (Phi) is 4.40. The van der Waals surface area contributed by atoms with Gasteiger partial charge in [0.2, 0.25) is 0 Å². The molecular formula is C10H13BrClNO2. The summed E-state index contributed by atoms with van der Waals surface area (Å²) in [4.78, 5) is 0. The van der Waals surface area contributed by atoms with E-state index in [-0.39, 0.29) is 12.4 Å². The normalized spacial score (nSPS) is 19.0. The van der Waals surface area contributed by atoms with Crippen LogP contribution in [0, 0.1) is 0 Å². The van der Waals surface area contributed by atoms with Crippen LogP contribution in [0.15, 0.2) is 16.6 Å². The minimum absolute atomic E-state index is 0. The van der Waals surface area contributed by atoms with Crippen molar-refractivity contribution in [2.75, 3.05) is 13.7 Å². The average molecular weight is 295 g/mol. The molecule has 0 saturated carbocycles. The summed E-state index contributed by atoms with van der Waals surface area (Å²) in [5, 5.41) is 12.9. The minimum Gasteiger partial charge on any atom is -0.497 e. The fourth-order valence-electron chi connectivity index (χ4n) is 1.73. The highest BCUT2D eigenvalue weighted by Crippen LogP contribution is 2.33. The Labute approximate surface area is 103 Å². The van der Waals surface area contributed by atoms with Gasteiger partial charge < -0.3 is 15.2 Å². The number of halogens is 2. The lowest BCUT2D eigenvalue weighted by molar-refractivity contribution is 0.164. The molecule has 15 heavy (non-hydrogen) atoms. The standard InChI is InChI=1S/C10H12BrNO2.ClH/c1-14-7-2-6-4-12-5-9(13)10(6)8(11)3-7;/h2-3,9,12-13H,4-5H2,1H3;1H. The molecule has 2 N–H and O–H groups in total. The summed E-state index contributed by atoms with van der Waals surface area (Å²) in [6.45, 7) is 1.39. The number of ether oxygens (including phenoxy) is 1. The molecule has 0 aliphatic carbocycles. The second-order valence-electron chi connectivity index (χ2n) is 3.33. The lowest BCUT2D eigenvalue weighted by atomic mass is 9.98. The molecule has 3 nitrogen and oxygen atoms in total. The van der Waals surface area contributed by atoms with Crippen molar-refractivity contribution < 1.29 is 9.84 Å². The summed E-state index contributed by atoms with van der Waals surface area (Å²) in [6, 6.07) is 3.84. The summed E-state index contributed by atoms with van der Waals surface area (Å²) in [7, 11) is 1.64. The van der Waals surface area contributed by atoms with E-state index >= 15 is 0 Å². The van der Waals surface area contributed by atoms with Crippen LogP contribution in [0.5, 0.6) is 5.75 Å². The molecule has 0 fully saturated rings. The largest absolute Gasteiger partial charge is 0.497 e. The number of β-amino-alcohol motifs (C(OH)–C–C–N with tert-alkyl or cyclic N) is 1. The van der Waals surface area contributed by atoms with Crippen LogP contribution < -0.4 is 10.1 Å². The highest BCUT2D eigenvalue weighted by Gasteiger charge is 2.21. The van der Waals surface area contributed by atoms with Crippen molar-refractivity contribution in [1.29, 1.82) is 0 Å². The molecule has 1 aromatic rings. The number of methoxy groups -OCH3 is 1. The SMILES string of the molecule is COc1cc(Br)c2c(c1)CNCC2O.Cl. The Hall–Kier alpha value is -0.290. The fraction of sp³-hybridized carbons (Fsp3) is 0.400. The molecular weight excluding hydrogens is 281 g/mol. The lowest BCUT2D eigenvalue weighted by Gasteiger charge is -2.24. The Morgan fingerprint density at radius 3 is 2.93 bits per heavy atom. The average Bonchev–Trinajstić information content (AvgIpc) is 2.17. The molecule has 0 spiro atoms. The molecule has 1 aromatic carbocycles. The summed E-state index contributed by atoms with van der Waals surface area (Å²) in [6.07, 6.45) is -0.431. The van der Waals surface area contributed by atoms with Gasteiger partial charge in [0.1, 0.15) is 5.75 Å². The molecule has 1 heterocycles. The van der Waals surface area contributed by atoms with E-state index in [1.54, 1.807) is 7.11 Å². The predicted molar refractivity (Wildman–Crippen MR) is 64.6 cm³/mol. The van der Waals surface area contributed by atoms with Crippen LogP contribution in [-0.2, 0) is 6.54 Å². The van der Waals surface area contributed by atoms with Crippen LogP contribution in [0.4, 0.5) is 0 Å². The van der Waals surface area contributed by atoms with E-state index in [4.69, 9.17) is 4.74 Å². The quantitative estimate of drug-likeness (QED) is 0.832. The van der Waals surface area contributed by atoms with Crippen molar-refractivity contribution in [3.05, 3.63) is 27.7 Å². The van der Waals surface area contributed by atoms with Gasteiger partial charge >= 0.3 is 0 Å². The van der Waals surface area contributed by atoms with Crippen molar-refractivity contribution >= 4 is 28.3 Å². The van der Waals surface area contributed by atoms with Crippen LogP contribution in [0.25, 0.3) is 0 Å². The van der Waals surface area contributed by atoms with Crippen molar-refractivity contribution in [3.8, 4) is 5.75 Å². The number of hydrogen-bond donors (Lipinski definition) is 2. The molecule has 84 valence electrons. The van der Waals surface area contributed by atoms with E-state index in [9.17, 15) is 5.11 Å². The van der Waals surface area contributed by atoms with E-state index in [0.29, 0.717) is 6.54 Å². The van der Waals surface area contributed by atoms with Gasteiger partial charge in [0.05, 0.1) is 13.2 Å². The zero-order valence-corrected chi connectivity index (χ0v) is 10.7. The van der Waals surface area contributed by atoms with Gasteiger partial charge in [0.15, 0.2) is 0 Å². The topological polar surface area (TPSA) is 41.5 Å². The third kappa shape index (κ3) is 2.45. The van der Waals surface area contributed by atoms with E-state index in [1.165, 1.54) is 0 Å². The Morgan fingerprint density at radius 2 is 2.27 bits per heavy atom. The lowest BCUT2D eigenvalue weighted by Crippen LogP contribution is -2.28. The van der Waals surface area contributed by atoms with Crippen molar-refractivity contribution in [3.63, 3.8) is 0 Å². The maximum atomic E-state index is 9.77. The van der Waals surface area contributed by atoms with Gasteiger partial charge in [0.25, 0.3) is 0 Å². The van der Waals surface area contributed by atoms with Gasteiger partial charge in [-0.05, 0) is 17.7 Å². The van der Waals surface area contributed by atoms with Gasteiger partial charge in [-0.3, -0.25) is 0 Å². The fourth-order valence-corrected chi connectivity index (χ4v) is 2.47. The maximum Gasteiger partial charge on any atom is 0.120 e. The van der Waals surface area contributed by atoms with Crippen LogP contribution in [-0.4, -0.2) is 18.8 Å². The van der Waals surface area contributed by atoms with Gasteiger partial charge in [-0.1, -0.05) is 15.9 Å². The first kappa shape index (κ1) is 12.8. The summed E-state index contributed by atoms with van der Waals surface area (Å²) in [5.41, 5.74) is 2.07. The first-order valence-corrected chi connectivity index (χ1v) is 5.26. The van der Waals surface area contributed by atoms with Gasteiger partial charge in [0, 0.05) is 23.1 Å². The number of fused-ring (bicyclic) bond motifs is 1. The van der Waals surface area contributed by atoms with Crippen molar-refractivity contribution in [1.82, 2.24) is 5.32 Å². The van der Waals surface area contributed by atoms with E-state index in [2.05, 4.69) is 21.2 Å². The predicted octanol–water partition coefficient (Wildman–Crippen LogP) is 2.02. The minimum atomic E-state index is -0.431. The van der Waals surface area contributed by atoms with Crippen LogP contribution in [0.2, 0.25) is 0 Å². The molecule has 1 aliphatic rings. The summed E-state index contributed by atoms with van der Waals surface area (Å²) in [5.74, 6) is 0.812. The van der Waals surface area contributed by atoms with Crippen LogP contribution >= 0.6 is 28.3 Å². The molecule has 0 aromatic heterocycles. The number of aliphatic hydroxyl groups is 1. The zero-order chi connectivity index (χ0) is 10.1. The summed E-state index contributed by atoms with van der Waals surface area (Å²) >= 11 is 3.45. The van der Waals surface area contributed by atoms with Gasteiger partial charge in [-0.15, -0.1) is 12.4 Å². The molecule has 5 heteroatoms. The van der Waals surface area contributed by atoms with Crippen molar-refractivity contribution in [2.24, 2.45) is 0 Å². The van der Waals surface area contributed by atoms with Crippen molar-refractivity contribution in [2.45, 2.75) is 12.6 Å². The number of rotatable bonds is 1. The van der Waals surface area contributed by atoms with Gasteiger partial charge in [-0.2, -0.15) is 0 Å². The third-order valence-electron chi connectivity index (χ3n) is 2.41. The maximum absolute atomic E-state index is 9.77. The van der Waals surface area contributed by atoms with Gasteiger partial charge in [-0.25, -0.2) is 0 Å². The molecule has 0 saturated heterocycles. The van der Waals surface area contributed by atoms with Crippen LogP contribution in [0.3, 0.4) is 0 Å². The second-order valence-corrected chi connectivity index (χ2v) is 4.18. The van der Waals surface area contributed by atoms with E-state index in [1.807, 2.05) is 12.1 Å². The Morgan fingerprint density at radius 1 is 1.53 bits per heavy atom. The first-order chi connectivity index (χ1) is 6.72. The molecule has 0 amide bonds. The van der Waals surface area contributed by atoms with Crippen LogP contribution in [0.1, 0.15) is 17.2 Å². The smallest absolute Gasteiger partial charge is 0.120 e. The molecule has 0 radical (unpaired) electrons. The number of aliphatic hydroxyl groups excluding tert-OH is 1. The number of nitrogens with one attached hydrogen (secondary N) is 1. The van der Waals surface area contributed by atoms with E-state index < -0.39 is 6.10 Å². The molecule has 2 rings (SSSR count).